The summed E-state index contributed by atoms with van der Waals surface area (Å²) in [6.07, 6.45) is 1.33. The summed E-state index contributed by atoms with van der Waals surface area (Å²) in [6.45, 7) is 5.89. The number of piperidine rings is 1. The largest absolute Gasteiger partial charge is 0.316 e. The van der Waals surface area contributed by atoms with Crippen LogP contribution < -0.4 is 10.6 Å². The zero-order valence-corrected chi connectivity index (χ0v) is 5.56. The van der Waals surface area contributed by atoms with Crippen molar-refractivity contribution in [2.24, 2.45) is 11.8 Å². The Morgan fingerprint density at radius 1 is 1.33 bits per heavy atom. The fourth-order valence-corrected chi connectivity index (χ4v) is 1.76. The molecule has 0 amide bonds. The van der Waals surface area contributed by atoms with Crippen LogP contribution in [-0.4, -0.2) is 19.6 Å². The Kier molecular flexibility index (Phi) is 1.44. The van der Waals surface area contributed by atoms with E-state index >= 15 is 0 Å². The second-order valence-corrected chi connectivity index (χ2v) is 2.99. The molecule has 51 valence electrons. The highest BCUT2D eigenvalue weighted by atomic mass is 15.0. The molecular weight excluding hydrogens is 112 g/mol. The van der Waals surface area contributed by atoms with Gasteiger partial charge in [-0.2, -0.15) is 0 Å². The van der Waals surface area contributed by atoms with E-state index < -0.39 is 0 Å². The number of nitrogens with one attached hydrogen (secondary N) is 2. The van der Waals surface area contributed by atoms with E-state index in [1.165, 1.54) is 26.1 Å². The minimum Gasteiger partial charge on any atom is -0.316 e. The molecule has 2 nitrogen and oxygen atoms in total. The number of fused-ring (bicyclic) bond motifs is 1. The molecule has 2 fully saturated rings. The van der Waals surface area contributed by atoms with Crippen LogP contribution in [0.1, 0.15) is 6.42 Å². The maximum absolute atomic E-state index is 3.40. The zero-order valence-electron chi connectivity index (χ0n) is 5.56. The molecule has 2 heterocycles. The van der Waals surface area contributed by atoms with Crippen molar-refractivity contribution in [1.82, 2.24) is 10.6 Å². The molecule has 2 N–H and O–H groups in total. The maximum Gasteiger partial charge on any atom is 0.0256 e. The van der Waals surface area contributed by atoms with Gasteiger partial charge in [0.05, 0.1) is 0 Å². The first kappa shape index (κ1) is 5.69. The molecule has 2 rings (SSSR count). The van der Waals surface area contributed by atoms with Crippen LogP contribution in [0.3, 0.4) is 0 Å². The van der Waals surface area contributed by atoms with Gasteiger partial charge in [-0.05, 0) is 37.9 Å². The maximum atomic E-state index is 3.40. The molecule has 2 saturated heterocycles. The Bertz CT molecular complexity index is 91.1. The second-order valence-electron chi connectivity index (χ2n) is 2.99. The molecule has 2 unspecified atom stereocenters. The topological polar surface area (TPSA) is 24.1 Å². The molecule has 0 aromatic carbocycles. The van der Waals surface area contributed by atoms with Gasteiger partial charge in [0.25, 0.3) is 0 Å². The summed E-state index contributed by atoms with van der Waals surface area (Å²) >= 11 is 0. The van der Waals surface area contributed by atoms with Gasteiger partial charge in [-0.15, -0.1) is 0 Å². The molecule has 0 aromatic rings. The highest BCUT2D eigenvalue weighted by Crippen LogP contribution is 2.24. The monoisotopic (exact) mass is 125 g/mol. The third-order valence-corrected chi connectivity index (χ3v) is 2.38. The van der Waals surface area contributed by atoms with Gasteiger partial charge in [-0.3, -0.25) is 0 Å². The average molecular weight is 125 g/mol. The van der Waals surface area contributed by atoms with E-state index in [-0.39, 0.29) is 0 Å². The second kappa shape index (κ2) is 2.27. The van der Waals surface area contributed by atoms with Crippen molar-refractivity contribution in [3.05, 3.63) is 6.54 Å². The van der Waals surface area contributed by atoms with Crippen LogP contribution in [0.25, 0.3) is 0 Å². The van der Waals surface area contributed by atoms with Crippen molar-refractivity contribution in [3.63, 3.8) is 0 Å². The number of hydrogen-bond acceptors (Lipinski definition) is 2. The van der Waals surface area contributed by atoms with Gasteiger partial charge in [0.2, 0.25) is 0 Å². The lowest BCUT2D eigenvalue weighted by Gasteiger charge is -2.24. The number of hydrogen-bond donors (Lipinski definition) is 2. The van der Waals surface area contributed by atoms with Gasteiger partial charge in [0.1, 0.15) is 0 Å². The van der Waals surface area contributed by atoms with E-state index in [9.17, 15) is 0 Å². The summed E-state index contributed by atoms with van der Waals surface area (Å²) in [4.78, 5) is 0. The van der Waals surface area contributed by atoms with Crippen molar-refractivity contribution >= 4 is 0 Å². The quantitative estimate of drug-likeness (QED) is 0.475. The van der Waals surface area contributed by atoms with E-state index in [2.05, 4.69) is 17.2 Å². The molecule has 0 bridgehead atoms. The van der Waals surface area contributed by atoms with E-state index in [0.717, 1.165) is 11.8 Å². The van der Waals surface area contributed by atoms with Gasteiger partial charge < -0.3 is 10.6 Å². The SMILES string of the molecule is [CH]1NCC2CNCCC12. The lowest BCUT2D eigenvalue weighted by atomic mass is 9.90. The first-order valence-electron chi connectivity index (χ1n) is 3.74. The zero-order chi connectivity index (χ0) is 6.10. The lowest BCUT2D eigenvalue weighted by Crippen LogP contribution is -2.35. The highest BCUT2D eigenvalue weighted by Gasteiger charge is 2.28. The van der Waals surface area contributed by atoms with Gasteiger partial charge in [-0.1, -0.05) is 0 Å². The van der Waals surface area contributed by atoms with Crippen molar-refractivity contribution in [2.45, 2.75) is 6.42 Å². The molecule has 2 aliphatic heterocycles. The van der Waals surface area contributed by atoms with Crippen LogP contribution in [0.5, 0.6) is 0 Å². The summed E-state index contributed by atoms with van der Waals surface area (Å²) in [5.41, 5.74) is 0. The molecule has 0 aromatic heterocycles. The Balaban J connectivity index is 1.97. The lowest BCUT2D eigenvalue weighted by molar-refractivity contribution is 0.333. The Labute approximate surface area is 56.0 Å². The van der Waals surface area contributed by atoms with Gasteiger partial charge in [0, 0.05) is 6.54 Å². The summed E-state index contributed by atoms with van der Waals surface area (Å²) in [6, 6.07) is 0. The van der Waals surface area contributed by atoms with Crippen LogP contribution in [0.2, 0.25) is 0 Å². The van der Waals surface area contributed by atoms with E-state index in [0.29, 0.717) is 0 Å². The molecule has 9 heavy (non-hydrogen) atoms. The third kappa shape index (κ3) is 0.970. The predicted molar refractivity (Wildman–Crippen MR) is 36.8 cm³/mol. The van der Waals surface area contributed by atoms with Crippen LogP contribution in [0.15, 0.2) is 0 Å². The Morgan fingerprint density at radius 2 is 2.33 bits per heavy atom. The number of rotatable bonds is 0. The first-order chi connectivity index (χ1) is 4.47. The van der Waals surface area contributed by atoms with Gasteiger partial charge >= 0.3 is 0 Å². The molecule has 2 heteroatoms. The Hall–Kier alpha value is -0.0800. The van der Waals surface area contributed by atoms with Crippen molar-refractivity contribution in [1.29, 1.82) is 0 Å². The van der Waals surface area contributed by atoms with E-state index in [1.54, 1.807) is 0 Å². The van der Waals surface area contributed by atoms with Crippen LogP contribution in [0.4, 0.5) is 0 Å². The van der Waals surface area contributed by atoms with Crippen molar-refractivity contribution in [3.8, 4) is 0 Å². The molecule has 2 aliphatic rings. The first-order valence-corrected chi connectivity index (χ1v) is 3.74. The van der Waals surface area contributed by atoms with Crippen molar-refractivity contribution < 1.29 is 0 Å². The Morgan fingerprint density at radius 3 is 3.22 bits per heavy atom. The van der Waals surface area contributed by atoms with Gasteiger partial charge in [0.15, 0.2) is 0 Å². The van der Waals surface area contributed by atoms with Gasteiger partial charge in [-0.25, -0.2) is 0 Å². The molecule has 0 spiro atoms. The molecule has 0 saturated carbocycles. The standard InChI is InChI=1S/C7H13N2/c1-2-8-4-7-5-9-3-6(1)7/h3,6-9H,1-2,4-5H2. The minimum atomic E-state index is 0.867. The fourth-order valence-electron chi connectivity index (χ4n) is 1.76. The summed E-state index contributed by atoms with van der Waals surface area (Å²) in [5.74, 6) is 1.75. The molecule has 0 aliphatic carbocycles. The van der Waals surface area contributed by atoms with Crippen LogP contribution in [-0.2, 0) is 0 Å². The molecular formula is C7H13N2. The van der Waals surface area contributed by atoms with Crippen molar-refractivity contribution in [2.75, 3.05) is 19.6 Å². The molecule has 2 atom stereocenters. The normalized spacial score (nSPS) is 42.7. The van der Waals surface area contributed by atoms with E-state index in [1.807, 2.05) is 0 Å². The van der Waals surface area contributed by atoms with Crippen LogP contribution in [0, 0.1) is 18.4 Å². The summed E-state index contributed by atoms with van der Waals surface area (Å²) in [7, 11) is 0. The average Bonchev–Trinajstić information content (AvgIpc) is 2.33. The fraction of sp³-hybridized carbons (Fsp3) is 0.857. The van der Waals surface area contributed by atoms with Crippen LogP contribution >= 0.6 is 0 Å². The summed E-state index contributed by atoms with van der Waals surface area (Å²) < 4.78 is 0. The smallest absolute Gasteiger partial charge is 0.0256 e. The van der Waals surface area contributed by atoms with E-state index in [4.69, 9.17) is 0 Å². The summed E-state index contributed by atoms with van der Waals surface area (Å²) in [5, 5.41) is 6.70. The molecule has 1 radical (unpaired) electrons. The third-order valence-electron chi connectivity index (χ3n) is 2.38. The highest BCUT2D eigenvalue weighted by molar-refractivity contribution is 4.93. The minimum absolute atomic E-state index is 0.867. The predicted octanol–water partition coefficient (Wildman–Crippen LogP) is -0.0229.